The first-order valence-electron chi connectivity index (χ1n) is 5.18. The van der Waals surface area contributed by atoms with Crippen molar-refractivity contribution in [1.82, 2.24) is 0 Å². The van der Waals surface area contributed by atoms with Crippen LogP contribution in [-0.4, -0.2) is 6.29 Å². The summed E-state index contributed by atoms with van der Waals surface area (Å²) in [6, 6.07) is 14.1. The van der Waals surface area contributed by atoms with Gasteiger partial charge in [0.15, 0.2) is 6.29 Å². The number of hydrogen-bond acceptors (Lipinski definition) is 2. The van der Waals surface area contributed by atoms with Gasteiger partial charge in [-0.25, -0.2) is 0 Å². The third kappa shape index (κ3) is 3.20. The van der Waals surface area contributed by atoms with Gasteiger partial charge in [0.25, 0.3) is 0 Å². The van der Waals surface area contributed by atoms with Crippen LogP contribution in [0.5, 0.6) is 0 Å². The van der Waals surface area contributed by atoms with E-state index in [1.165, 1.54) is 10.5 Å². The van der Waals surface area contributed by atoms with Gasteiger partial charge in [-0.05, 0) is 37.3 Å². The van der Waals surface area contributed by atoms with E-state index in [0.717, 1.165) is 15.7 Å². The van der Waals surface area contributed by atoms with Crippen molar-refractivity contribution in [2.45, 2.75) is 16.7 Å². The Labute approximate surface area is 113 Å². The van der Waals surface area contributed by atoms with Crippen LogP contribution in [0.3, 0.4) is 0 Å². The zero-order chi connectivity index (χ0) is 12.3. The molecular weight excluding hydrogens is 296 g/mol. The van der Waals surface area contributed by atoms with Gasteiger partial charge >= 0.3 is 0 Å². The molecular formula is C14H11BrOS. The number of aldehydes is 1. The van der Waals surface area contributed by atoms with Crippen LogP contribution >= 0.6 is 27.7 Å². The number of aryl methyl sites for hydroxylation is 1. The first-order valence-corrected chi connectivity index (χ1v) is 6.79. The highest BCUT2D eigenvalue weighted by molar-refractivity contribution is 9.10. The molecule has 0 radical (unpaired) electrons. The Hall–Kier alpha value is -1.06. The van der Waals surface area contributed by atoms with Crippen molar-refractivity contribution in [3.63, 3.8) is 0 Å². The molecule has 0 heterocycles. The molecule has 0 fully saturated rings. The van der Waals surface area contributed by atoms with Gasteiger partial charge < -0.3 is 0 Å². The Kier molecular flexibility index (Phi) is 4.02. The third-order valence-electron chi connectivity index (χ3n) is 2.36. The second-order valence-corrected chi connectivity index (χ2v) is 5.72. The van der Waals surface area contributed by atoms with E-state index in [-0.39, 0.29) is 0 Å². The Morgan fingerprint density at radius 3 is 2.29 bits per heavy atom. The van der Waals surface area contributed by atoms with E-state index in [1.54, 1.807) is 11.8 Å². The Morgan fingerprint density at radius 2 is 1.71 bits per heavy atom. The van der Waals surface area contributed by atoms with E-state index >= 15 is 0 Å². The molecule has 0 saturated heterocycles. The summed E-state index contributed by atoms with van der Waals surface area (Å²) in [5.41, 5.74) is 1.94. The van der Waals surface area contributed by atoms with E-state index in [9.17, 15) is 4.79 Å². The van der Waals surface area contributed by atoms with Gasteiger partial charge in [-0.1, -0.05) is 45.4 Å². The van der Waals surface area contributed by atoms with Gasteiger partial charge in [0, 0.05) is 19.8 Å². The highest BCUT2D eigenvalue weighted by Crippen LogP contribution is 2.30. The van der Waals surface area contributed by atoms with Crippen molar-refractivity contribution < 1.29 is 4.79 Å². The van der Waals surface area contributed by atoms with Crippen LogP contribution in [0.1, 0.15) is 15.9 Å². The van der Waals surface area contributed by atoms with Gasteiger partial charge in [-0.3, -0.25) is 4.79 Å². The Morgan fingerprint density at radius 1 is 1.06 bits per heavy atom. The molecule has 0 saturated carbocycles. The molecule has 0 atom stereocenters. The first kappa shape index (κ1) is 12.4. The van der Waals surface area contributed by atoms with Crippen molar-refractivity contribution in [2.75, 3.05) is 0 Å². The second kappa shape index (κ2) is 5.52. The lowest BCUT2D eigenvalue weighted by molar-refractivity contribution is 0.112. The average molecular weight is 307 g/mol. The number of halogens is 1. The third-order valence-corrected chi connectivity index (χ3v) is 4.04. The predicted molar refractivity (Wildman–Crippen MR) is 74.8 cm³/mol. The number of hydrogen-bond donors (Lipinski definition) is 0. The van der Waals surface area contributed by atoms with Crippen molar-refractivity contribution in [1.29, 1.82) is 0 Å². The summed E-state index contributed by atoms with van der Waals surface area (Å²) in [4.78, 5) is 13.0. The minimum Gasteiger partial charge on any atom is -0.298 e. The molecule has 0 aliphatic carbocycles. The number of carbonyl (C=O) groups is 1. The van der Waals surface area contributed by atoms with Gasteiger partial charge in [0.2, 0.25) is 0 Å². The highest BCUT2D eigenvalue weighted by Gasteiger charge is 2.02. The van der Waals surface area contributed by atoms with E-state index in [1.807, 2.05) is 18.2 Å². The number of benzene rings is 2. The van der Waals surface area contributed by atoms with Crippen LogP contribution in [0.25, 0.3) is 0 Å². The molecule has 0 N–H and O–H groups in total. The topological polar surface area (TPSA) is 17.1 Å². The maximum Gasteiger partial charge on any atom is 0.151 e. The molecule has 2 aromatic rings. The van der Waals surface area contributed by atoms with E-state index in [2.05, 4.69) is 47.1 Å². The monoisotopic (exact) mass is 306 g/mol. The summed E-state index contributed by atoms with van der Waals surface area (Å²) in [5, 5.41) is 0. The summed E-state index contributed by atoms with van der Waals surface area (Å²) >= 11 is 5.07. The lowest BCUT2D eigenvalue weighted by atomic mass is 10.2. The van der Waals surface area contributed by atoms with E-state index < -0.39 is 0 Å². The van der Waals surface area contributed by atoms with Crippen molar-refractivity contribution in [3.05, 3.63) is 58.1 Å². The lowest BCUT2D eigenvalue weighted by Gasteiger charge is -2.04. The minimum atomic E-state index is 0.679. The standard InChI is InChI=1S/C14H11BrOS/c1-10-2-5-12(6-3-10)17-13-7-4-11(9-16)14(15)8-13/h2-9H,1H3. The van der Waals surface area contributed by atoms with Crippen LogP contribution in [0.15, 0.2) is 56.7 Å². The number of carbonyl (C=O) groups excluding carboxylic acids is 1. The fraction of sp³-hybridized carbons (Fsp3) is 0.0714. The summed E-state index contributed by atoms with van der Waals surface area (Å²) in [7, 11) is 0. The van der Waals surface area contributed by atoms with Crippen LogP contribution in [-0.2, 0) is 0 Å². The molecule has 0 aromatic heterocycles. The van der Waals surface area contributed by atoms with Gasteiger partial charge in [0.05, 0.1) is 0 Å². The molecule has 86 valence electrons. The van der Waals surface area contributed by atoms with Crippen LogP contribution in [0.2, 0.25) is 0 Å². The molecule has 0 bridgehead atoms. The minimum absolute atomic E-state index is 0.679. The molecule has 2 rings (SSSR count). The molecule has 0 aliphatic rings. The summed E-state index contributed by atoms with van der Waals surface area (Å²) < 4.78 is 0.838. The average Bonchev–Trinajstić information content (AvgIpc) is 2.32. The fourth-order valence-electron chi connectivity index (χ4n) is 1.41. The quantitative estimate of drug-likeness (QED) is 0.763. The SMILES string of the molecule is Cc1ccc(Sc2ccc(C=O)c(Br)c2)cc1. The number of rotatable bonds is 3. The molecule has 0 aliphatic heterocycles. The molecule has 2 aromatic carbocycles. The van der Waals surface area contributed by atoms with E-state index in [0.29, 0.717) is 5.56 Å². The maximum absolute atomic E-state index is 10.7. The zero-order valence-corrected chi connectivity index (χ0v) is 11.7. The van der Waals surface area contributed by atoms with Gasteiger partial charge in [-0.15, -0.1) is 0 Å². The summed E-state index contributed by atoms with van der Waals surface area (Å²) in [6.07, 6.45) is 0.852. The summed E-state index contributed by atoms with van der Waals surface area (Å²) in [5.74, 6) is 0. The molecule has 0 spiro atoms. The first-order chi connectivity index (χ1) is 8.19. The molecule has 17 heavy (non-hydrogen) atoms. The maximum atomic E-state index is 10.7. The van der Waals surface area contributed by atoms with Crippen LogP contribution in [0, 0.1) is 6.92 Å². The molecule has 3 heteroatoms. The normalized spacial score (nSPS) is 10.2. The highest BCUT2D eigenvalue weighted by atomic mass is 79.9. The Balaban J connectivity index is 2.21. The summed E-state index contributed by atoms with van der Waals surface area (Å²) in [6.45, 7) is 2.07. The van der Waals surface area contributed by atoms with Gasteiger partial charge in [-0.2, -0.15) is 0 Å². The van der Waals surface area contributed by atoms with Crippen LogP contribution in [0.4, 0.5) is 0 Å². The molecule has 1 nitrogen and oxygen atoms in total. The zero-order valence-electron chi connectivity index (χ0n) is 9.31. The van der Waals surface area contributed by atoms with Crippen LogP contribution < -0.4 is 0 Å². The lowest BCUT2D eigenvalue weighted by Crippen LogP contribution is -1.82. The largest absolute Gasteiger partial charge is 0.298 e. The van der Waals surface area contributed by atoms with E-state index in [4.69, 9.17) is 0 Å². The molecule has 0 unspecified atom stereocenters. The second-order valence-electron chi connectivity index (χ2n) is 3.72. The van der Waals surface area contributed by atoms with Gasteiger partial charge in [0.1, 0.15) is 0 Å². The van der Waals surface area contributed by atoms with Crippen molar-refractivity contribution in [3.8, 4) is 0 Å². The van der Waals surface area contributed by atoms with Crippen molar-refractivity contribution in [2.24, 2.45) is 0 Å². The van der Waals surface area contributed by atoms with Crippen molar-refractivity contribution >= 4 is 34.0 Å². The fourth-order valence-corrected chi connectivity index (χ4v) is 2.89. The smallest absolute Gasteiger partial charge is 0.151 e. The Bertz CT molecular complexity index is 534. The molecule has 0 amide bonds. The predicted octanol–water partition coefficient (Wildman–Crippen LogP) is 4.72.